The highest BCUT2D eigenvalue weighted by Gasteiger charge is 2.12. The predicted octanol–water partition coefficient (Wildman–Crippen LogP) is 5.00. The van der Waals surface area contributed by atoms with E-state index < -0.39 is 0 Å². The molecule has 1 unspecified atom stereocenters. The van der Waals surface area contributed by atoms with Crippen molar-refractivity contribution in [3.05, 3.63) is 77.9 Å². The normalized spacial score (nSPS) is 12.2. The van der Waals surface area contributed by atoms with Crippen LogP contribution in [0.5, 0.6) is 5.75 Å². The van der Waals surface area contributed by atoms with E-state index in [-0.39, 0.29) is 0 Å². The third-order valence-corrected chi connectivity index (χ3v) is 4.65. The number of methoxy groups -OCH3 is 1. The fraction of sp³-hybridized carbons (Fsp3) is 0.304. The van der Waals surface area contributed by atoms with E-state index in [1.54, 1.807) is 7.11 Å². The zero-order valence-electron chi connectivity index (χ0n) is 15.2. The molecule has 0 aliphatic rings. The van der Waals surface area contributed by atoms with Crippen molar-refractivity contribution < 1.29 is 4.74 Å². The van der Waals surface area contributed by atoms with Gasteiger partial charge in [-0.3, -0.25) is 0 Å². The van der Waals surface area contributed by atoms with E-state index in [4.69, 9.17) is 4.74 Å². The number of hydrogen-bond donors (Lipinski definition) is 1. The standard InChI is InChI=1S/C23H27NO/c1-3-14-24-21(15-18-8-5-4-6-9-18)16-20-11-7-10-19-12-13-22(25-2)17-23(19)20/h4-13,17,21,24H,3,14-16H2,1-2H3. The molecule has 0 saturated heterocycles. The molecule has 130 valence electrons. The summed E-state index contributed by atoms with van der Waals surface area (Å²) in [5.41, 5.74) is 2.76. The molecule has 3 aromatic rings. The zero-order valence-corrected chi connectivity index (χ0v) is 15.2. The predicted molar refractivity (Wildman–Crippen MR) is 106 cm³/mol. The van der Waals surface area contributed by atoms with Crippen LogP contribution < -0.4 is 10.1 Å². The maximum atomic E-state index is 5.43. The fourth-order valence-electron chi connectivity index (χ4n) is 3.35. The minimum absolute atomic E-state index is 0.430. The van der Waals surface area contributed by atoms with Gasteiger partial charge in [0, 0.05) is 6.04 Å². The van der Waals surface area contributed by atoms with Gasteiger partial charge in [-0.25, -0.2) is 0 Å². The molecule has 1 N–H and O–H groups in total. The van der Waals surface area contributed by atoms with Gasteiger partial charge in [-0.1, -0.05) is 61.5 Å². The first-order chi connectivity index (χ1) is 12.3. The van der Waals surface area contributed by atoms with Gasteiger partial charge in [-0.05, 0) is 59.8 Å². The Morgan fingerprint density at radius 2 is 1.76 bits per heavy atom. The molecule has 2 nitrogen and oxygen atoms in total. The quantitative estimate of drug-likeness (QED) is 0.626. The molecule has 3 rings (SSSR count). The summed E-state index contributed by atoms with van der Waals surface area (Å²) in [6.07, 6.45) is 3.20. The highest BCUT2D eigenvalue weighted by atomic mass is 16.5. The third kappa shape index (κ3) is 4.61. The smallest absolute Gasteiger partial charge is 0.119 e. The van der Waals surface area contributed by atoms with Crippen LogP contribution in [0.4, 0.5) is 0 Å². The van der Waals surface area contributed by atoms with Gasteiger partial charge in [-0.15, -0.1) is 0 Å². The van der Waals surface area contributed by atoms with Crippen molar-refractivity contribution in [1.29, 1.82) is 0 Å². The second kappa shape index (κ2) is 8.68. The summed E-state index contributed by atoms with van der Waals surface area (Å²) >= 11 is 0. The Balaban J connectivity index is 1.86. The minimum Gasteiger partial charge on any atom is -0.497 e. The third-order valence-electron chi connectivity index (χ3n) is 4.65. The van der Waals surface area contributed by atoms with E-state index in [2.05, 4.69) is 72.9 Å². The first-order valence-corrected chi connectivity index (χ1v) is 9.13. The molecule has 0 saturated carbocycles. The minimum atomic E-state index is 0.430. The van der Waals surface area contributed by atoms with Gasteiger partial charge in [0.05, 0.1) is 7.11 Å². The van der Waals surface area contributed by atoms with E-state index in [9.17, 15) is 0 Å². The first kappa shape index (κ1) is 17.5. The summed E-state index contributed by atoms with van der Waals surface area (Å²) in [7, 11) is 1.73. The number of hydrogen-bond acceptors (Lipinski definition) is 2. The Kier molecular flexibility index (Phi) is 6.08. The van der Waals surface area contributed by atoms with Crippen LogP contribution in [0.15, 0.2) is 66.7 Å². The van der Waals surface area contributed by atoms with E-state index in [1.165, 1.54) is 21.9 Å². The lowest BCUT2D eigenvalue weighted by Crippen LogP contribution is -2.33. The van der Waals surface area contributed by atoms with Gasteiger partial charge >= 0.3 is 0 Å². The van der Waals surface area contributed by atoms with Crippen molar-refractivity contribution >= 4 is 10.8 Å². The van der Waals surface area contributed by atoms with Crippen molar-refractivity contribution in [2.24, 2.45) is 0 Å². The maximum Gasteiger partial charge on any atom is 0.119 e. The molecule has 0 aliphatic carbocycles. The summed E-state index contributed by atoms with van der Waals surface area (Å²) in [5.74, 6) is 0.918. The average molecular weight is 333 g/mol. The monoisotopic (exact) mass is 333 g/mol. The molecule has 0 heterocycles. The van der Waals surface area contributed by atoms with Crippen molar-refractivity contribution in [2.75, 3.05) is 13.7 Å². The van der Waals surface area contributed by atoms with E-state index in [1.807, 2.05) is 6.07 Å². The van der Waals surface area contributed by atoms with Crippen molar-refractivity contribution in [2.45, 2.75) is 32.2 Å². The van der Waals surface area contributed by atoms with Crippen LogP contribution >= 0.6 is 0 Å². The second-order valence-corrected chi connectivity index (χ2v) is 6.55. The van der Waals surface area contributed by atoms with Gasteiger partial charge < -0.3 is 10.1 Å². The number of rotatable bonds is 8. The van der Waals surface area contributed by atoms with Gasteiger partial charge in [0.25, 0.3) is 0 Å². The largest absolute Gasteiger partial charge is 0.497 e. The number of ether oxygens (including phenoxy) is 1. The Labute approximate surface area is 150 Å². The SMILES string of the molecule is CCCNC(Cc1ccccc1)Cc1cccc2ccc(OC)cc12. The molecule has 2 heteroatoms. The molecule has 1 atom stereocenters. The Hall–Kier alpha value is -2.32. The number of benzene rings is 3. The van der Waals surface area contributed by atoms with Crippen LogP contribution in [0, 0.1) is 0 Å². The fourth-order valence-corrected chi connectivity index (χ4v) is 3.35. The molecule has 0 aliphatic heterocycles. The summed E-state index contributed by atoms with van der Waals surface area (Å²) in [6, 6.07) is 24.1. The highest BCUT2D eigenvalue weighted by molar-refractivity contribution is 5.87. The topological polar surface area (TPSA) is 21.3 Å². The molecular formula is C23H27NO. The summed E-state index contributed by atoms with van der Waals surface area (Å²) < 4.78 is 5.43. The van der Waals surface area contributed by atoms with Gasteiger partial charge in [0.2, 0.25) is 0 Å². The Bertz CT molecular complexity index is 798. The molecule has 0 radical (unpaired) electrons. The Morgan fingerprint density at radius 3 is 2.52 bits per heavy atom. The van der Waals surface area contributed by atoms with Crippen LogP contribution in [0.3, 0.4) is 0 Å². The maximum absolute atomic E-state index is 5.43. The zero-order chi connectivity index (χ0) is 17.5. The molecule has 0 spiro atoms. The van der Waals surface area contributed by atoms with E-state index in [0.29, 0.717) is 6.04 Å². The van der Waals surface area contributed by atoms with Gasteiger partial charge in [0.15, 0.2) is 0 Å². The number of fused-ring (bicyclic) bond motifs is 1. The summed E-state index contributed by atoms with van der Waals surface area (Å²) in [4.78, 5) is 0. The second-order valence-electron chi connectivity index (χ2n) is 6.55. The molecule has 0 bridgehead atoms. The van der Waals surface area contributed by atoms with Crippen LogP contribution in [-0.2, 0) is 12.8 Å². The summed E-state index contributed by atoms with van der Waals surface area (Å²) in [5, 5.41) is 6.29. The van der Waals surface area contributed by atoms with Crippen LogP contribution in [0.1, 0.15) is 24.5 Å². The lowest BCUT2D eigenvalue weighted by atomic mass is 9.95. The molecule has 3 aromatic carbocycles. The lowest BCUT2D eigenvalue weighted by molar-refractivity contribution is 0.415. The summed E-state index contributed by atoms with van der Waals surface area (Å²) in [6.45, 7) is 3.26. The van der Waals surface area contributed by atoms with Crippen LogP contribution in [0.2, 0.25) is 0 Å². The van der Waals surface area contributed by atoms with Crippen LogP contribution in [-0.4, -0.2) is 19.7 Å². The molecule has 25 heavy (non-hydrogen) atoms. The lowest BCUT2D eigenvalue weighted by Gasteiger charge is -2.20. The van der Waals surface area contributed by atoms with Gasteiger partial charge in [0.1, 0.15) is 5.75 Å². The molecule has 0 amide bonds. The van der Waals surface area contributed by atoms with Crippen molar-refractivity contribution in [3.63, 3.8) is 0 Å². The highest BCUT2D eigenvalue weighted by Crippen LogP contribution is 2.25. The van der Waals surface area contributed by atoms with Crippen molar-refractivity contribution in [3.8, 4) is 5.75 Å². The van der Waals surface area contributed by atoms with Crippen molar-refractivity contribution in [1.82, 2.24) is 5.32 Å². The Morgan fingerprint density at radius 1 is 0.920 bits per heavy atom. The molecule has 0 aromatic heterocycles. The average Bonchev–Trinajstić information content (AvgIpc) is 2.67. The van der Waals surface area contributed by atoms with Crippen LogP contribution in [0.25, 0.3) is 10.8 Å². The molecular weight excluding hydrogens is 306 g/mol. The van der Waals surface area contributed by atoms with E-state index >= 15 is 0 Å². The number of nitrogens with one attached hydrogen (secondary N) is 1. The van der Waals surface area contributed by atoms with Gasteiger partial charge in [-0.2, -0.15) is 0 Å². The molecule has 0 fully saturated rings. The first-order valence-electron chi connectivity index (χ1n) is 9.13. The van der Waals surface area contributed by atoms with E-state index in [0.717, 1.165) is 31.6 Å².